The van der Waals surface area contributed by atoms with Gasteiger partial charge in [-0.3, -0.25) is 0 Å². The van der Waals surface area contributed by atoms with Crippen molar-refractivity contribution < 1.29 is 4.39 Å². The Morgan fingerprint density at radius 1 is 1.50 bits per heavy atom. The van der Waals surface area contributed by atoms with E-state index in [9.17, 15) is 4.39 Å². The van der Waals surface area contributed by atoms with Crippen LogP contribution in [0.5, 0.6) is 0 Å². The molecular weight excluding hydrogens is 173 g/mol. The Balaban J connectivity index is 3.14. The summed E-state index contributed by atoms with van der Waals surface area (Å²) >= 11 is 8.51. The van der Waals surface area contributed by atoms with Crippen LogP contribution in [0.15, 0.2) is 18.2 Å². The Morgan fingerprint density at radius 2 is 2.20 bits per heavy atom. The van der Waals surface area contributed by atoms with E-state index in [1.165, 1.54) is 6.07 Å². The molecule has 0 amide bonds. The third kappa shape index (κ3) is 1.36. The van der Waals surface area contributed by atoms with Gasteiger partial charge < -0.3 is 0 Å². The molecule has 0 saturated carbocycles. The molecule has 0 aliphatic carbocycles. The van der Waals surface area contributed by atoms with Crippen LogP contribution in [0.25, 0.3) is 0 Å². The van der Waals surface area contributed by atoms with Gasteiger partial charge in [-0.2, -0.15) is 0 Å². The first-order valence-corrected chi connectivity index (χ1v) is 3.50. The molecule has 54 valence electrons. The normalized spacial score (nSPS) is 9.50. The van der Waals surface area contributed by atoms with Gasteiger partial charge in [0.05, 0.1) is 12.8 Å². The SMILES string of the molecule is Fc1cccc(N[SH2+])c1Cl. The average Bonchev–Trinajstić information content (AvgIpc) is 1.95. The van der Waals surface area contributed by atoms with Crippen molar-refractivity contribution in [2.24, 2.45) is 0 Å². The molecule has 0 bridgehead atoms. The van der Waals surface area contributed by atoms with E-state index in [0.717, 1.165) is 0 Å². The van der Waals surface area contributed by atoms with E-state index in [4.69, 9.17) is 11.6 Å². The summed E-state index contributed by atoms with van der Waals surface area (Å²) < 4.78 is 15.1. The molecule has 0 aromatic heterocycles. The second-order valence-corrected chi connectivity index (χ2v) is 2.35. The number of benzene rings is 1. The summed E-state index contributed by atoms with van der Waals surface area (Å²) in [6.07, 6.45) is 0. The van der Waals surface area contributed by atoms with Gasteiger partial charge in [-0.15, -0.1) is 0 Å². The smallest absolute Gasteiger partial charge is 0.144 e. The third-order valence-electron chi connectivity index (χ3n) is 1.09. The molecular formula is C6H6ClFNS+. The van der Waals surface area contributed by atoms with Crippen molar-refractivity contribution in [1.29, 1.82) is 0 Å². The van der Waals surface area contributed by atoms with E-state index in [0.29, 0.717) is 5.69 Å². The predicted molar refractivity (Wildman–Crippen MR) is 45.2 cm³/mol. The lowest BCUT2D eigenvalue weighted by atomic mass is 10.3. The molecule has 1 nitrogen and oxygen atoms in total. The molecule has 0 aliphatic heterocycles. The summed E-state index contributed by atoms with van der Waals surface area (Å²) in [4.78, 5) is 0. The topological polar surface area (TPSA) is 12.0 Å². The Labute approximate surface area is 68.7 Å². The van der Waals surface area contributed by atoms with Gasteiger partial charge >= 0.3 is 0 Å². The maximum absolute atomic E-state index is 12.6. The van der Waals surface area contributed by atoms with Crippen LogP contribution in [-0.4, -0.2) is 0 Å². The minimum atomic E-state index is -0.426. The lowest BCUT2D eigenvalue weighted by Gasteiger charge is -1.97. The summed E-state index contributed by atoms with van der Waals surface area (Å²) in [7, 11) is 0. The van der Waals surface area contributed by atoms with Gasteiger partial charge in [-0.1, -0.05) is 17.7 Å². The minimum absolute atomic E-state index is 0.0949. The number of anilines is 1. The first-order chi connectivity index (χ1) is 4.75. The number of halogens is 2. The van der Waals surface area contributed by atoms with Crippen LogP contribution in [0.2, 0.25) is 5.02 Å². The van der Waals surface area contributed by atoms with Crippen LogP contribution in [0.3, 0.4) is 0 Å². The largest absolute Gasteiger partial charge is 0.209 e. The van der Waals surface area contributed by atoms with Crippen LogP contribution in [0.1, 0.15) is 0 Å². The zero-order chi connectivity index (χ0) is 7.56. The van der Waals surface area contributed by atoms with Gasteiger partial charge in [0.25, 0.3) is 0 Å². The zero-order valence-electron chi connectivity index (χ0n) is 4.99. The van der Waals surface area contributed by atoms with Crippen LogP contribution in [0.4, 0.5) is 10.1 Å². The molecule has 0 atom stereocenters. The van der Waals surface area contributed by atoms with Crippen molar-refractivity contribution >= 4 is 30.1 Å². The molecule has 0 radical (unpaired) electrons. The van der Waals surface area contributed by atoms with E-state index < -0.39 is 5.82 Å². The summed E-state index contributed by atoms with van der Waals surface area (Å²) in [5.74, 6) is -0.426. The number of hydrogen-bond donors (Lipinski definition) is 1. The van der Waals surface area contributed by atoms with Crippen LogP contribution >= 0.6 is 11.6 Å². The standard InChI is InChI=1S/C6H5ClFNS/c7-6-4(8)2-1-3-5(6)9-10/h1-3,9-10H/p+1. The maximum atomic E-state index is 12.6. The molecule has 0 spiro atoms. The highest BCUT2D eigenvalue weighted by atomic mass is 35.5. The monoisotopic (exact) mass is 178 g/mol. The van der Waals surface area contributed by atoms with Crippen molar-refractivity contribution in [3.05, 3.63) is 29.0 Å². The summed E-state index contributed by atoms with van der Waals surface area (Å²) in [6.45, 7) is 0. The minimum Gasteiger partial charge on any atom is -0.209 e. The van der Waals surface area contributed by atoms with Gasteiger partial charge in [0.15, 0.2) is 0 Å². The van der Waals surface area contributed by atoms with Crippen LogP contribution in [-0.2, 0) is 12.8 Å². The molecule has 4 heteroatoms. The summed E-state index contributed by atoms with van der Waals surface area (Å²) in [6, 6.07) is 4.54. The van der Waals surface area contributed by atoms with E-state index in [2.05, 4.69) is 17.5 Å². The molecule has 0 heterocycles. The first kappa shape index (κ1) is 7.69. The highest BCUT2D eigenvalue weighted by molar-refractivity contribution is 7.60. The maximum Gasteiger partial charge on any atom is 0.144 e. The Morgan fingerprint density at radius 3 is 2.70 bits per heavy atom. The highest BCUT2D eigenvalue weighted by Crippen LogP contribution is 2.23. The predicted octanol–water partition coefficient (Wildman–Crippen LogP) is 1.82. The van der Waals surface area contributed by atoms with Gasteiger partial charge in [-0.25, -0.2) is 9.11 Å². The molecule has 1 aromatic rings. The van der Waals surface area contributed by atoms with E-state index in [1.807, 2.05) is 0 Å². The molecule has 0 saturated heterocycles. The fourth-order valence-corrected chi connectivity index (χ4v) is 1.06. The highest BCUT2D eigenvalue weighted by Gasteiger charge is 2.03. The first-order valence-electron chi connectivity index (χ1n) is 2.62. The van der Waals surface area contributed by atoms with Crippen molar-refractivity contribution in [2.45, 2.75) is 0 Å². The lowest BCUT2D eigenvalue weighted by molar-refractivity contribution is 0.629. The number of rotatable bonds is 1. The second kappa shape index (κ2) is 3.12. The summed E-state index contributed by atoms with van der Waals surface area (Å²) in [5, 5.41) is 0.0949. The average molecular weight is 179 g/mol. The van der Waals surface area contributed by atoms with Crippen molar-refractivity contribution in [2.75, 3.05) is 4.72 Å². The third-order valence-corrected chi connectivity index (χ3v) is 1.74. The van der Waals surface area contributed by atoms with Crippen molar-refractivity contribution in [1.82, 2.24) is 0 Å². The van der Waals surface area contributed by atoms with Gasteiger partial charge in [-0.05, 0) is 12.1 Å². The molecule has 0 unspecified atom stereocenters. The van der Waals surface area contributed by atoms with E-state index in [-0.39, 0.29) is 5.02 Å². The van der Waals surface area contributed by atoms with E-state index in [1.54, 1.807) is 12.1 Å². The fourth-order valence-electron chi connectivity index (χ4n) is 0.600. The van der Waals surface area contributed by atoms with Crippen LogP contribution < -0.4 is 4.72 Å². The van der Waals surface area contributed by atoms with Gasteiger partial charge in [0, 0.05) is 0 Å². The van der Waals surface area contributed by atoms with Gasteiger partial charge in [0.1, 0.15) is 16.5 Å². The van der Waals surface area contributed by atoms with Crippen LogP contribution in [0, 0.1) is 5.82 Å². The number of nitrogens with one attached hydrogen (secondary N) is 1. The second-order valence-electron chi connectivity index (χ2n) is 1.73. The Hall–Kier alpha value is -0.410. The molecule has 1 rings (SSSR count). The number of hydrogen-bond acceptors (Lipinski definition) is 1. The lowest BCUT2D eigenvalue weighted by Crippen LogP contribution is -1.87. The molecule has 0 fully saturated rings. The van der Waals surface area contributed by atoms with Crippen molar-refractivity contribution in [3.8, 4) is 0 Å². The molecule has 1 aromatic carbocycles. The van der Waals surface area contributed by atoms with E-state index >= 15 is 0 Å². The Bertz CT molecular complexity index is 241. The Kier molecular flexibility index (Phi) is 2.40. The molecule has 1 N–H and O–H groups in total. The van der Waals surface area contributed by atoms with Crippen molar-refractivity contribution in [3.63, 3.8) is 0 Å². The fraction of sp³-hybridized carbons (Fsp3) is 0. The molecule has 10 heavy (non-hydrogen) atoms. The zero-order valence-corrected chi connectivity index (χ0v) is 6.74. The quantitative estimate of drug-likeness (QED) is 0.647. The summed E-state index contributed by atoms with van der Waals surface area (Å²) in [5.41, 5.74) is 0.526. The molecule has 0 aliphatic rings. The van der Waals surface area contributed by atoms with Gasteiger partial charge in [0.2, 0.25) is 0 Å².